The Morgan fingerprint density at radius 3 is 2.26 bits per heavy atom. The Balaban J connectivity index is 2.25. The molecule has 19 heavy (non-hydrogen) atoms. The van der Waals surface area contributed by atoms with Crippen molar-refractivity contribution in [1.82, 2.24) is 5.43 Å². The number of hydrogen-bond acceptors (Lipinski definition) is 2. The molecule has 0 heterocycles. The van der Waals surface area contributed by atoms with Gasteiger partial charge in [0.25, 0.3) is 0 Å². The van der Waals surface area contributed by atoms with Gasteiger partial charge >= 0.3 is 0 Å². The van der Waals surface area contributed by atoms with Crippen LogP contribution in [0.1, 0.15) is 57.9 Å². The largest absolute Gasteiger partial charge is 0.271 e. The van der Waals surface area contributed by atoms with Gasteiger partial charge in [0.15, 0.2) is 0 Å². The first kappa shape index (κ1) is 14.5. The smallest absolute Gasteiger partial charge is 0.0309 e. The highest BCUT2D eigenvalue weighted by Gasteiger charge is 2.38. The van der Waals surface area contributed by atoms with Crippen molar-refractivity contribution in [3.8, 4) is 0 Å². The van der Waals surface area contributed by atoms with Crippen LogP contribution in [-0.4, -0.2) is 6.04 Å². The summed E-state index contributed by atoms with van der Waals surface area (Å²) in [6.45, 7) is 4.59. The fourth-order valence-electron chi connectivity index (χ4n) is 3.64. The minimum atomic E-state index is 0.172. The molecular formula is C17H28N2. The monoisotopic (exact) mass is 260 g/mol. The molecule has 0 radical (unpaired) electrons. The Labute approximate surface area is 117 Å². The van der Waals surface area contributed by atoms with E-state index in [0.717, 1.165) is 18.8 Å². The Bertz CT molecular complexity index is 366. The highest BCUT2D eigenvalue weighted by atomic mass is 15.2. The second-order valence-corrected chi connectivity index (χ2v) is 5.98. The minimum Gasteiger partial charge on any atom is -0.271 e. The third kappa shape index (κ3) is 2.85. The first-order chi connectivity index (χ1) is 9.26. The summed E-state index contributed by atoms with van der Waals surface area (Å²) in [5.74, 6) is 6.80. The Morgan fingerprint density at radius 2 is 1.84 bits per heavy atom. The van der Waals surface area contributed by atoms with E-state index in [1.807, 2.05) is 0 Å². The summed E-state index contributed by atoms with van der Waals surface area (Å²) in [4.78, 5) is 0. The highest BCUT2D eigenvalue weighted by molar-refractivity contribution is 5.27. The first-order valence-corrected chi connectivity index (χ1v) is 7.78. The van der Waals surface area contributed by atoms with Gasteiger partial charge in [0.1, 0.15) is 0 Å². The summed E-state index contributed by atoms with van der Waals surface area (Å²) in [6, 6.07) is 11.3. The Kier molecular flexibility index (Phi) is 5.00. The number of benzene rings is 1. The fourth-order valence-corrected chi connectivity index (χ4v) is 3.64. The van der Waals surface area contributed by atoms with Crippen molar-refractivity contribution in [2.75, 3.05) is 0 Å². The van der Waals surface area contributed by atoms with Gasteiger partial charge in [-0.15, -0.1) is 0 Å². The molecule has 1 aromatic rings. The standard InChI is InChI=1S/C17H28N2/c1-3-17(4-2,15-11-6-5-7-12-15)16(19-18)13-14-9-8-10-14/h5-7,11-12,14,16,19H,3-4,8-10,13,18H2,1-2H3. The zero-order valence-corrected chi connectivity index (χ0v) is 12.4. The molecule has 1 atom stereocenters. The van der Waals surface area contributed by atoms with Crippen LogP contribution in [0.4, 0.5) is 0 Å². The van der Waals surface area contributed by atoms with E-state index < -0.39 is 0 Å². The van der Waals surface area contributed by atoms with Crippen molar-refractivity contribution < 1.29 is 0 Å². The van der Waals surface area contributed by atoms with Gasteiger partial charge in [-0.1, -0.05) is 63.4 Å². The number of hydrogen-bond donors (Lipinski definition) is 2. The van der Waals surface area contributed by atoms with Gasteiger partial charge in [-0.3, -0.25) is 11.3 Å². The van der Waals surface area contributed by atoms with Gasteiger partial charge in [-0.2, -0.15) is 0 Å². The van der Waals surface area contributed by atoms with Crippen molar-refractivity contribution in [3.05, 3.63) is 35.9 Å². The maximum Gasteiger partial charge on any atom is 0.0309 e. The van der Waals surface area contributed by atoms with E-state index in [1.165, 1.54) is 31.2 Å². The van der Waals surface area contributed by atoms with Gasteiger partial charge in [0, 0.05) is 11.5 Å². The maximum atomic E-state index is 5.92. The molecule has 0 amide bonds. The van der Waals surface area contributed by atoms with Crippen LogP contribution >= 0.6 is 0 Å². The minimum absolute atomic E-state index is 0.172. The summed E-state index contributed by atoms with van der Waals surface area (Å²) >= 11 is 0. The lowest BCUT2D eigenvalue weighted by Gasteiger charge is -2.43. The fraction of sp³-hybridized carbons (Fsp3) is 0.647. The molecule has 0 spiro atoms. The third-order valence-electron chi connectivity index (χ3n) is 5.27. The van der Waals surface area contributed by atoms with E-state index in [4.69, 9.17) is 5.84 Å². The number of nitrogens with two attached hydrogens (primary N) is 1. The van der Waals surface area contributed by atoms with Crippen molar-refractivity contribution in [3.63, 3.8) is 0 Å². The SMILES string of the molecule is CCC(CC)(c1ccccc1)C(CC1CCC1)NN. The molecule has 1 aliphatic rings. The molecule has 1 fully saturated rings. The molecule has 1 saturated carbocycles. The molecule has 0 saturated heterocycles. The molecular weight excluding hydrogens is 232 g/mol. The van der Waals surface area contributed by atoms with Gasteiger partial charge < -0.3 is 0 Å². The first-order valence-electron chi connectivity index (χ1n) is 7.78. The van der Waals surface area contributed by atoms with E-state index >= 15 is 0 Å². The van der Waals surface area contributed by atoms with E-state index in [9.17, 15) is 0 Å². The van der Waals surface area contributed by atoms with Crippen molar-refractivity contribution in [1.29, 1.82) is 0 Å². The lowest BCUT2D eigenvalue weighted by Crippen LogP contribution is -2.52. The van der Waals surface area contributed by atoms with Crippen LogP contribution in [0.25, 0.3) is 0 Å². The average Bonchev–Trinajstić information content (AvgIpc) is 2.43. The molecule has 106 valence electrons. The molecule has 0 aliphatic heterocycles. The van der Waals surface area contributed by atoms with Crippen molar-refractivity contribution >= 4 is 0 Å². The summed E-state index contributed by atoms with van der Waals surface area (Å²) < 4.78 is 0. The van der Waals surface area contributed by atoms with Crippen LogP contribution in [0.3, 0.4) is 0 Å². The number of rotatable bonds is 7. The third-order valence-corrected chi connectivity index (χ3v) is 5.27. The molecule has 2 heteroatoms. The lowest BCUT2D eigenvalue weighted by atomic mass is 9.66. The average molecular weight is 260 g/mol. The quantitative estimate of drug-likeness (QED) is 0.578. The molecule has 3 N–H and O–H groups in total. The summed E-state index contributed by atoms with van der Waals surface area (Å²) in [5, 5.41) is 0. The second kappa shape index (κ2) is 6.53. The van der Waals surface area contributed by atoms with E-state index in [1.54, 1.807) is 0 Å². The molecule has 1 aliphatic carbocycles. The highest BCUT2D eigenvalue weighted by Crippen LogP contribution is 2.40. The van der Waals surface area contributed by atoms with Crippen LogP contribution in [0.5, 0.6) is 0 Å². The summed E-state index contributed by atoms with van der Waals surface area (Å²) in [6.07, 6.45) is 7.66. The summed E-state index contributed by atoms with van der Waals surface area (Å²) in [5.41, 5.74) is 4.75. The zero-order chi connectivity index (χ0) is 13.7. The zero-order valence-electron chi connectivity index (χ0n) is 12.4. The van der Waals surface area contributed by atoms with E-state index in [-0.39, 0.29) is 5.41 Å². The number of hydrazine groups is 1. The molecule has 2 nitrogen and oxygen atoms in total. The van der Waals surface area contributed by atoms with Gasteiger partial charge in [0.05, 0.1) is 0 Å². The molecule has 1 unspecified atom stereocenters. The van der Waals surface area contributed by atoms with Crippen molar-refractivity contribution in [2.45, 2.75) is 63.8 Å². The lowest BCUT2D eigenvalue weighted by molar-refractivity contribution is 0.188. The van der Waals surface area contributed by atoms with Crippen LogP contribution in [0, 0.1) is 5.92 Å². The van der Waals surface area contributed by atoms with Crippen LogP contribution in [0.15, 0.2) is 30.3 Å². The maximum absolute atomic E-state index is 5.92. The van der Waals surface area contributed by atoms with E-state index in [0.29, 0.717) is 6.04 Å². The van der Waals surface area contributed by atoms with Gasteiger partial charge in [-0.25, -0.2) is 0 Å². The Morgan fingerprint density at radius 1 is 1.21 bits per heavy atom. The second-order valence-electron chi connectivity index (χ2n) is 5.98. The topological polar surface area (TPSA) is 38.0 Å². The predicted molar refractivity (Wildman–Crippen MR) is 81.8 cm³/mol. The van der Waals surface area contributed by atoms with E-state index in [2.05, 4.69) is 49.6 Å². The summed E-state index contributed by atoms with van der Waals surface area (Å²) in [7, 11) is 0. The van der Waals surface area contributed by atoms with Crippen LogP contribution in [0.2, 0.25) is 0 Å². The van der Waals surface area contributed by atoms with Crippen LogP contribution < -0.4 is 11.3 Å². The van der Waals surface area contributed by atoms with Crippen LogP contribution in [-0.2, 0) is 5.41 Å². The molecule has 0 aromatic heterocycles. The predicted octanol–water partition coefficient (Wildman–Crippen LogP) is 3.77. The van der Waals surface area contributed by atoms with Gasteiger partial charge in [0.2, 0.25) is 0 Å². The number of nitrogens with one attached hydrogen (secondary N) is 1. The Hall–Kier alpha value is -0.860. The molecule has 0 bridgehead atoms. The molecule has 1 aromatic carbocycles. The van der Waals surface area contributed by atoms with Gasteiger partial charge in [-0.05, 0) is 30.7 Å². The van der Waals surface area contributed by atoms with Crippen molar-refractivity contribution in [2.24, 2.45) is 11.8 Å². The normalized spacial score (nSPS) is 18.1. The molecule has 2 rings (SSSR count).